The lowest BCUT2D eigenvalue weighted by Gasteiger charge is -2.34. The fourth-order valence-corrected chi connectivity index (χ4v) is 5.01. The maximum absolute atomic E-state index is 13.1. The molecule has 0 N–H and O–H groups in total. The van der Waals surface area contributed by atoms with Crippen LogP contribution in [0.2, 0.25) is 5.15 Å². The minimum atomic E-state index is -4.29. The summed E-state index contributed by atoms with van der Waals surface area (Å²) in [6.07, 6.45) is -2.76. The number of piperazine rings is 1. The molecule has 2 heterocycles. The zero-order valence-corrected chi connectivity index (χ0v) is 16.7. The summed E-state index contributed by atoms with van der Waals surface area (Å²) < 4.78 is 65.0. The summed E-state index contributed by atoms with van der Waals surface area (Å²) >= 11 is 5.91. The Morgan fingerprint density at radius 1 is 1.07 bits per heavy atom. The Balaban J connectivity index is 1.83. The Bertz CT molecular complexity index is 959. The molecule has 3 rings (SSSR count). The molecule has 1 saturated heterocycles. The number of aryl methyl sites for hydroxylation is 1. The van der Waals surface area contributed by atoms with Gasteiger partial charge in [-0.3, -0.25) is 4.90 Å². The van der Waals surface area contributed by atoms with Gasteiger partial charge >= 0.3 is 6.18 Å². The molecule has 0 spiro atoms. The highest BCUT2D eigenvalue weighted by atomic mass is 35.5. The van der Waals surface area contributed by atoms with Gasteiger partial charge in [0.05, 0.1) is 11.4 Å². The second kappa shape index (κ2) is 7.98. The third-order valence-corrected chi connectivity index (χ3v) is 6.85. The fourth-order valence-electron chi connectivity index (χ4n) is 3.16. The van der Waals surface area contributed by atoms with E-state index in [4.69, 9.17) is 11.6 Å². The van der Waals surface area contributed by atoms with Crippen LogP contribution in [0, 0.1) is 6.92 Å². The van der Waals surface area contributed by atoms with Gasteiger partial charge in [0.15, 0.2) is 0 Å². The zero-order valence-electron chi connectivity index (χ0n) is 15.1. The van der Waals surface area contributed by atoms with Gasteiger partial charge in [-0.1, -0.05) is 23.7 Å². The van der Waals surface area contributed by atoms with Crippen molar-refractivity contribution in [3.8, 4) is 11.1 Å². The predicted octanol–water partition coefficient (Wildman–Crippen LogP) is 3.58. The first-order valence-corrected chi connectivity index (χ1v) is 10.4. The van der Waals surface area contributed by atoms with E-state index >= 15 is 0 Å². The van der Waals surface area contributed by atoms with E-state index in [2.05, 4.69) is 4.98 Å². The number of hydrogen-bond donors (Lipinski definition) is 0. The van der Waals surface area contributed by atoms with Gasteiger partial charge in [-0.05, 0) is 41.8 Å². The number of hydrogen-bond acceptors (Lipinski definition) is 4. The number of alkyl halides is 3. The van der Waals surface area contributed by atoms with Crippen molar-refractivity contribution in [2.75, 3.05) is 32.7 Å². The topological polar surface area (TPSA) is 53.5 Å². The van der Waals surface area contributed by atoms with E-state index in [0.717, 1.165) is 5.56 Å². The summed E-state index contributed by atoms with van der Waals surface area (Å²) in [5.41, 5.74) is 1.97. The Labute approximate surface area is 166 Å². The molecular weight excluding hydrogens is 415 g/mol. The lowest BCUT2D eigenvalue weighted by Crippen LogP contribution is -2.50. The molecule has 10 heteroatoms. The molecule has 1 fully saturated rings. The summed E-state index contributed by atoms with van der Waals surface area (Å²) in [6, 6.07) is 8.43. The number of nitrogens with zero attached hydrogens (tertiary/aromatic N) is 3. The van der Waals surface area contributed by atoms with E-state index in [1.54, 1.807) is 37.3 Å². The van der Waals surface area contributed by atoms with E-state index in [-0.39, 0.29) is 31.1 Å². The Kier molecular flexibility index (Phi) is 6.00. The third-order valence-electron chi connectivity index (χ3n) is 4.60. The SMILES string of the molecule is Cc1ccc(-c2ccnc(Cl)c2)cc1S(=O)(=O)N1CCN(CC(F)(F)F)CC1. The van der Waals surface area contributed by atoms with Crippen LogP contribution < -0.4 is 0 Å². The zero-order chi connectivity index (χ0) is 20.5. The number of aromatic nitrogens is 1. The van der Waals surface area contributed by atoms with Crippen LogP contribution in [-0.2, 0) is 10.0 Å². The minimum absolute atomic E-state index is 0.0170. The molecule has 1 aliphatic heterocycles. The average molecular weight is 434 g/mol. The summed E-state index contributed by atoms with van der Waals surface area (Å²) in [4.78, 5) is 5.27. The molecule has 1 aliphatic rings. The summed E-state index contributed by atoms with van der Waals surface area (Å²) in [7, 11) is -3.82. The van der Waals surface area contributed by atoms with E-state index in [1.165, 1.54) is 15.4 Å². The van der Waals surface area contributed by atoms with E-state index < -0.39 is 22.7 Å². The van der Waals surface area contributed by atoms with Crippen molar-refractivity contribution in [2.24, 2.45) is 0 Å². The first kappa shape index (κ1) is 21.0. The van der Waals surface area contributed by atoms with Crippen LogP contribution in [-0.4, -0.2) is 61.5 Å². The van der Waals surface area contributed by atoms with Gasteiger partial charge in [0.25, 0.3) is 0 Å². The monoisotopic (exact) mass is 433 g/mol. The van der Waals surface area contributed by atoms with Crippen molar-refractivity contribution < 1.29 is 21.6 Å². The third kappa shape index (κ3) is 4.83. The van der Waals surface area contributed by atoms with Crippen molar-refractivity contribution in [1.82, 2.24) is 14.2 Å². The number of rotatable bonds is 4. The highest BCUT2D eigenvalue weighted by molar-refractivity contribution is 7.89. The van der Waals surface area contributed by atoms with E-state index in [0.29, 0.717) is 16.3 Å². The standard InChI is InChI=1S/C18H19ClF3N3O2S/c1-13-2-3-14(15-4-5-23-17(19)11-15)10-16(13)28(26,27)25-8-6-24(7-9-25)12-18(20,21)22/h2-5,10-11H,6-9,12H2,1H3. The average Bonchev–Trinajstić information content (AvgIpc) is 2.61. The van der Waals surface area contributed by atoms with Crippen LogP contribution >= 0.6 is 11.6 Å². The Morgan fingerprint density at radius 3 is 2.32 bits per heavy atom. The Morgan fingerprint density at radius 2 is 1.71 bits per heavy atom. The maximum Gasteiger partial charge on any atom is 0.401 e. The van der Waals surface area contributed by atoms with Gasteiger partial charge in [0.2, 0.25) is 10.0 Å². The highest BCUT2D eigenvalue weighted by Crippen LogP contribution is 2.29. The number of sulfonamides is 1. The second-order valence-corrected chi connectivity index (χ2v) is 8.94. The molecule has 0 saturated carbocycles. The largest absolute Gasteiger partial charge is 0.401 e. The van der Waals surface area contributed by atoms with Crippen LogP contribution in [0.15, 0.2) is 41.4 Å². The molecule has 0 aliphatic carbocycles. The molecule has 0 bridgehead atoms. The fraction of sp³-hybridized carbons (Fsp3) is 0.389. The minimum Gasteiger partial charge on any atom is -0.292 e. The van der Waals surface area contributed by atoms with Crippen LogP contribution in [0.5, 0.6) is 0 Å². The van der Waals surface area contributed by atoms with Gasteiger partial charge in [0, 0.05) is 32.4 Å². The predicted molar refractivity (Wildman–Crippen MR) is 101 cm³/mol. The van der Waals surface area contributed by atoms with Gasteiger partial charge < -0.3 is 0 Å². The molecule has 0 unspecified atom stereocenters. The smallest absolute Gasteiger partial charge is 0.292 e. The van der Waals surface area contributed by atoms with Crippen molar-refractivity contribution in [1.29, 1.82) is 0 Å². The summed E-state index contributed by atoms with van der Waals surface area (Å²) in [5.74, 6) is 0. The molecular formula is C18H19ClF3N3O2S. The lowest BCUT2D eigenvalue weighted by atomic mass is 10.1. The van der Waals surface area contributed by atoms with Crippen molar-refractivity contribution >= 4 is 21.6 Å². The number of benzene rings is 1. The summed E-state index contributed by atoms with van der Waals surface area (Å²) in [6.45, 7) is 0.773. The molecule has 0 amide bonds. The molecule has 2 aromatic rings. The number of halogens is 4. The molecule has 1 aromatic carbocycles. The first-order valence-electron chi connectivity index (χ1n) is 8.58. The molecule has 0 atom stereocenters. The molecule has 152 valence electrons. The number of pyridine rings is 1. The molecule has 1 aromatic heterocycles. The van der Waals surface area contributed by atoms with Crippen LogP contribution in [0.3, 0.4) is 0 Å². The van der Waals surface area contributed by atoms with Crippen molar-refractivity contribution in [2.45, 2.75) is 18.0 Å². The van der Waals surface area contributed by atoms with Gasteiger partial charge in [-0.25, -0.2) is 13.4 Å². The highest BCUT2D eigenvalue weighted by Gasteiger charge is 2.35. The quantitative estimate of drug-likeness (QED) is 0.692. The van der Waals surface area contributed by atoms with Crippen LogP contribution in [0.1, 0.15) is 5.56 Å². The van der Waals surface area contributed by atoms with Crippen molar-refractivity contribution in [3.05, 3.63) is 47.2 Å². The summed E-state index contributed by atoms with van der Waals surface area (Å²) in [5, 5.41) is 0.295. The van der Waals surface area contributed by atoms with Crippen LogP contribution in [0.25, 0.3) is 11.1 Å². The maximum atomic E-state index is 13.1. The second-order valence-electron chi connectivity index (χ2n) is 6.64. The molecule has 0 radical (unpaired) electrons. The van der Waals surface area contributed by atoms with E-state index in [1.807, 2.05) is 0 Å². The Hall–Kier alpha value is -1.68. The van der Waals surface area contributed by atoms with Gasteiger partial charge in [-0.15, -0.1) is 0 Å². The molecule has 5 nitrogen and oxygen atoms in total. The normalized spacial score (nSPS) is 17.0. The molecule has 28 heavy (non-hydrogen) atoms. The lowest BCUT2D eigenvalue weighted by molar-refractivity contribution is -0.148. The van der Waals surface area contributed by atoms with Gasteiger partial charge in [-0.2, -0.15) is 17.5 Å². The first-order chi connectivity index (χ1) is 13.1. The van der Waals surface area contributed by atoms with E-state index in [9.17, 15) is 21.6 Å². The van der Waals surface area contributed by atoms with Crippen molar-refractivity contribution in [3.63, 3.8) is 0 Å². The van der Waals surface area contributed by atoms with Crippen LogP contribution in [0.4, 0.5) is 13.2 Å². The van der Waals surface area contributed by atoms with Gasteiger partial charge in [0.1, 0.15) is 5.15 Å².